The van der Waals surface area contributed by atoms with Gasteiger partial charge in [-0.25, -0.2) is 4.39 Å². The highest BCUT2D eigenvalue weighted by atomic mass is 35.5. The number of hydrogen-bond donors (Lipinski definition) is 1. The Kier molecular flexibility index (Phi) is 2.16. The molecule has 0 aromatic heterocycles. The molecule has 0 spiro atoms. The summed E-state index contributed by atoms with van der Waals surface area (Å²) in [5.74, 6) is -0.317. The average molecular weight is 200 g/mol. The van der Waals surface area contributed by atoms with Gasteiger partial charge in [-0.15, -0.1) is 0 Å². The van der Waals surface area contributed by atoms with Crippen molar-refractivity contribution >= 4 is 17.3 Å². The van der Waals surface area contributed by atoms with Crippen LogP contribution in [-0.4, -0.2) is 6.04 Å². The van der Waals surface area contributed by atoms with E-state index in [0.29, 0.717) is 11.6 Å². The first-order valence-electron chi connectivity index (χ1n) is 4.39. The highest BCUT2D eigenvalue weighted by molar-refractivity contribution is 6.31. The topological polar surface area (TPSA) is 12.0 Å². The van der Waals surface area contributed by atoms with Crippen molar-refractivity contribution in [3.8, 4) is 0 Å². The maximum atomic E-state index is 13.1. The maximum absolute atomic E-state index is 13.1. The van der Waals surface area contributed by atoms with Crippen LogP contribution in [0, 0.1) is 12.7 Å². The number of rotatable bonds is 2. The van der Waals surface area contributed by atoms with Crippen LogP contribution in [-0.2, 0) is 0 Å². The quantitative estimate of drug-likeness (QED) is 0.770. The lowest BCUT2D eigenvalue weighted by Gasteiger charge is -2.07. The summed E-state index contributed by atoms with van der Waals surface area (Å²) in [5, 5.41) is 3.47. The predicted molar refractivity (Wildman–Crippen MR) is 52.8 cm³/mol. The molecule has 1 nitrogen and oxygen atoms in total. The lowest BCUT2D eigenvalue weighted by molar-refractivity contribution is 0.619. The second-order valence-corrected chi connectivity index (χ2v) is 3.91. The Morgan fingerprint density at radius 1 is 1.46 bits per heavy atom. The lowest BCUT2D eigenvalue weighted by atomic mass is 10.2. The molecule has 0 atom stereocenters. The van der Waals surface area contributed by atoms with Crippen LogP contribution >= 0.6 is 11.6 Å². The van der Waals surface area contributed by atoms with E-state index in [-0.39, 0.29) is 10.8 Å². The first kappa shape index (κ1) is 8.82. The fraction of sp³-hybridized carbons (Fsp3) is 0.400. The molecule has 1 aromatic rings. The van der Waals surface area contributed by atoms with Crippen molar-refractivity contribution in [1.29, 1.82) is 0 Å². The van der Waals surface area contributed by atoms with E-state index in [4.69, 9.17) is 11.6 Å². The number of nitrogens with one attached hydrogen (secondary N) is 1. The largest absolute Gasteiger partial charge is 0.382 e. The molecule has 1 aromatic carbocycles. The molecule has 0 aliphatic heterocycles. The van der Waals surface area contributed by atoms with E-state index in [2.05, 4.69) is 5.32 Å². The predicted octanol–water partition coefficient (Wildman–Crippen LogP) is 3.36. The van der Waals surface area contributed by atoms with Crippen LogP contribution in [0.1, 0.15) is 18.4 Å². The van der Waals surface area contributed by atoms with E-state index in [1.807, 2.05) is 0 Å². The number of benzene rings is 1. The Hall–Kier alpha value is -0.760. The summed E-state index contributed by atoms with van der Waals surface area (Å²) < 4.78 is 13.1. The van der Waals surface area contributed by atoms with Crippen molar-refractivity contribution in [2.75, 3.05) is 5.32 Å². The number of hydrogen-bond acceptors (Lipinski definition) is 1. The van der Waals surface area contributed by atoms with Gasteiger partial charge in [-0.1, -0.05) is 11.6 Å². The molecular formula is C10H11ClFN. The van der Waals surface area contributed by atoms with Gasteiger partial charge in [0.2, 0.25) is 0 Å². The van der Waals surface area contributed by atoms with Gasteiger partial charge in [0.05, 0.1) is 5.02 Å². The third-order valence-corrected chi connectivity index (χ3v) is 2.43. The molecular weight excluding hydrogens is 189 g/mol. The van der Waals surface area contributed by atoms with Crippen LogP contribution < -0.4 is 5.32 Å². The fourth-order valence-electron chi connectivity index (χ4n) is 1.27. The molecule has 1 saturated carbocycles. The molecule has 0 saturated heterocycles. The summed E-state index contributed by atoms with van der Waals surface area (Å²) in [4.78, 5) is 0. The Morgan fingerprint density at radius 2 is 2.15 bits per heavy atom. The summed E-state index contributed by atoms with van der Waals surface area (Å²) in [6, 6.07) is 4.00. The van der Waals surface area contributed by atoms with Gasteiger partial charge in [-0.2, -0.15) is 0 Å². The lowest BCUT2D eigenvalue weighted by Crippen LogP contribution is -2.01. The molecule has 0 radical (unpaired) electrons. The Labute approximate surface area is 81.9 Å². The highest BCUT2D eigenvalue weighted by Crippen LogP contribution is 2.28. The standard InChI is InChI=1S/C10H11ClFN/c1-6-4-8(13-7-2-3-7)5-9(11)10(6)12/h4-5,7,13H,2-3H2,1H3. The van der Waals surface area contributed by atoms with E-state index < -0.39 is 0 Å². The molecule has 0 amide bonds. The van der Waals surface area contributed by atoms with Crippen molar-refractivity contribution in [1.82, 2.24) is 0 Å². The van der Waals surface area contributed by atoms with E-state index >= 15 is 0 Å². The molecule has 70 valence electrons. The van der Waals surface area contributed by atoms with E-state index in [1.54, 1.807) is 19.1 Å². The van der Waals surface area contributed by atoms with Crippen molar-refractivity contribution in [3.63, 3.8) is 0 Å². The van der Waals surface area contributed by atoms with Crippen LogP contribution in [0.2, 0.25) is 5.02 Å². The number of aryl methyl sites for hydroxylation is 1. The van der Waals surface area contributed by atoms with Crippen molar-refractivity contribution in [2.45, 2.75) is 25.8 Å². The summed E-state index contributed by atoms with van der Waals surface area (Å²) in [5.41, 5.74) is 1.52. The van der Waals surface area contributed by atoms with Crippen LogP contribution in [0.5, 0.6) is 0 Å². The van der Waals surface area contributed by atoms with Gasteiger partial charge in [-0.05, 0) is 37.5 Å². The zero-order valence-corrected chi connectivity index (χ0v) is 8.16. The van der Waals surface area contributed by atoms with Gasteiger partial charge in [0.25, 0.3) is 0 Å². The zero-order chi connectivity index (χ0) is 9.42. The molecule has 1 aliphatic carbocycles. The van der Waals surface area contributed by atoms with Gasteiger partial charge in [-0.3, -0.25) is 0 Å². The van der Waals surface area contributed by atoms with Crippen molar-refractivity contribution in [3.05, 3.63) is 28.5 Å². The average Bonchev–Trinajstić information content (AvgIpc) is 2.84. The normalized spacial score (nSPS) is 15.9. The molecule has 3 heteroatoms. The van der Waals surface area contributed by atoms with Crippen LogP contribution in [0.4, 0.5) is 10.1 Å². The van der Waals surface area contributed by atoms with Gasteiger partial charge in [0, 0.05) is 11.7 Å². The van der Waals surface area contributed by atoms with Crippen molar-refractivity contribution < 1.29 is 4.39 Å². The Morgan fingerprint density at radius 3 is 2.69 bits per heavy atom. The molecule has 13 heavy (non-hydrogen) atoms. The van der Waals surface area contributed by atoms with Gasteiger partial charge < -0.3 is 5.32 Å². The monoisotopic (exact) mass is 199 g/mol. The van der Waals surface area contributed by atoms with Gasteiger partial charge in [0.1, 0.15) is 5.82 Å². The number of halogens is 2. The van der Waals surface area contributed by atoms with Gasteiger partial charge >= 0.3 is 0 Å². The minimum atomic E-state index is -0.317. The molecule has 0 unspecified atom stereocenters. The van der Waals surface area contributed by atoms with Crippen LogP contribution in [0.3, 0.4) is 0 Å². The van der Waals surface area contributed by atoms with Crippen LogP contribution in [0.25, 0.3) is 0 Å². The SMILES string of the molecule is Cc1cc(NC2CC2)cc(Cl)c1F. The Bertz CT molecular complexity index is 311. The second kappa shape index (κ2) is 3.18. The summed E-state index contributed by atoms with van der Waals surface area (Å²) >= 11 is 5.71. The zero-order valence-electron chi connectivity index (χ0n) is 7.40. The first-order chi connectivity index (χ1) is 6.16. The summed E-state index contributed by atoms with van der Waals surface area (Å²) in [7, 11) is 0. The first-order valence-corrected chi connectivity index (χ1v) is 4.77. The fourth-order valence-corrected chi connectivity index (χ4v) is 1.54. The maximum Gasteiger partial charge on any atom is 0.144 e. The van der Waals surface area contributed by atoms with E-state index in [9.17, 15) is 4.39 Å². The van der Waals surface area contributed by atoms with E-state index in [1.165, 1.54) is 12.8 Å². The number of anilines is 1. The smallest absolute Gasteiger partial charge is 0.144 e. The molecule has 1 fully saturated rings. The summed E-state index contributed by atoms with van der Waals surface area (Å²) in [6.45, 7) is 1.72. The minimum Gasteiger partial charge on any atom is -0.382 e. The molecule has 2 rings (SSSR count). The third-order valence-electron chi connectivity index (χ3n) is 2.16. The minimum absolute atomic E-state index is 0.197. The highest BCUT2D eigenvalue weighted by Gasteiger charge is 2.21. The molecule has 1 aliphatic rings. The Balaban J connectivity index is 2.25. The van der Waals surface area contributed by atoms with E-state index in [0.717, 1.165) is 5.69 Å². The van der Waals surface area contributed by atoms with Gasteiger partial charge in [0.15, 0.2) is 0 Å². The third kappa shape index (κ3) is 1.94. The van der Waals surface area contributed by atoms with Crippen molar-refractivity contribution in [2.24, 2.45) is 0 Å². The van der Waals surface area contributed by atoms with Crippen LogP contribution in [0.15, 0.2) is 12.1 Å². The molecule has 1 N–H and O–H groups in total. The summed E-state index contributed by atoms with van der Waals surface area (Å²) in [6.07, 6.45) is 2.40. The second-order valence-electron chi connectivity index (χ2n) is 3.51. The molecule has 0 bridgehead atoms. The molecule has 0 heterocycles.